The Hall–Kier alpha value is -1.16. The van der Waals surface area contributed by atoms with E-state index in [0.29, 0.717) is 24.5 Å². The van der Waals surface area contributed by atoms with Crippen LogP contribution in [0.25, 0.3) is 0 Å². The van der Waals surface area contributed by atoms with Gasteiger partial charge in [0.15, 0.2) is 0 Å². The summed E-state index contributed by atoms with van der Waals surface area (Å²) < 4.78 is 32.2. The van der Waals surface area contributed by atoms with E-state index in [4.69, 9.17) is 4.74 Å². The molecule has 2 nitrogen and oxygen atoms in total. The zero-order valence-electron chi connectivity index (χ0n) is 10.8. The summed E-state index contributed by atoms with van der Waals surface area (Å²) in [5.74, 6) is -0.879. The van der Waals surface area contributed by atoms with Crippen LogP contribution in [0.3, 0.4) is 0 Å². The summed E-state index contributed by atoms with van der Waals surface area (Å²) in [7, 11) is 3.83. The quantitative estimate of drug-likeness (QED) is 0.788. The molecule has 0 N–H and O–H groups in total. The number of nitrogens with zero attached hydrogens (tertiary/aromatic N) is 1. The number of likely N-dealkylation sites (N-methyl/N-ethyl adjacent to an activating group) is 1. The van der Waals surface area contributed by atoms with Crippen molar-refractivity contribution in [2.75, 3.05) is 27.2 Å². The van der Waals surface area contributed by atoms with Crippen molar-refractivity contribution >= 4 is 0 Å². The standard InChI is InChI=1S/C13H19F2NO/c1-9(2)13-11(15)7-10(14)8-12(13)17-6-5-16(3)4/h7-9H,5-6H2,1-4H3. The van der Waals surface area contributed by atoms with Crippen molar-refractivity contribution in [1.29, 1.82) is 0 Å². The summed E-state index contributed by atoms with van der Waals surface area (Å²) in [6, 6.07) is 2.14. The molecule has 0 heterocycles. The van der Waals surface area contributed by atoms with Gasteiger partial charge in [-0.1, -0.05) is 13.8 Å². The topological polar surface area (TPSA) is 12.5 Å². The third-order valence-corrected chi connectivity index (χ3v) is 2.43. The number of rotatable bonds is 5. The Balaban J connectivity index is 2.88. The number of hydrogen-bond donors (Lipinski definition) is 0. The largest absolute Gasteiger partial charge is 0.492 e. The van der Waals surface area contributed by atoms with E-state index < -0.39 is 11.6 Å². The van der Waals surface area contributed by atoms with Gasteiger partial charge in [-0.25, -0.2) is 8.78 Å². The molecule has 1 aromatic rings. The first-order chi connectivity index (χ1) is 7.91. The van der Waals surface area contributed by atoms with Gasteiger partial charge in [-0.2, -0.15) is 0 Å². The van der Waals surface area contributed by atoms with Gasteiger partial charge < -0.3 is 9.64 Å². The second-order valence-corrected chi connectivity index (χ2v) is 4.61. The Labute approximate surface area is 101 Å². The molecule has 0 amide bonds. The summed E-state index contributed by atoms with van der Waals surface area (Å²) in [5.41, 5.74) is 0.435. The summed E-state index contributed by atoms with van der Waals surface area (Å²) in [4.78, 5) is 1.95. The average molecular weight is 243 g/mol. The van der Waals surface area contributed by atoms with Gasteiger partial charge in [0.25, 0.3) is 0 Å². The number of hydrogen-bond acceptors (Lipinski definition) is 2. The average Bonchev–Trinajstić information content (AvgIpc) is 2.14. The maximum absolute atomic E-state index is 13.6. The van der Waals surface area contributed by atoms with Crippen LogP contribution in [0.1, 0.15) is 25.3 Å². The van der Waals surface area contributed by atoms with Crippen LogP contribution in [0.15, 0.2) is 12.1 Å². The van der Waals surface area contributed by atoms with E-state index in [2.05, 4.69) is 0 Å². The van der Waals surface area contributed by atoms with Gasteiger partial charge in [-0.15, -0.1) is 0 Å². The smallest absolute Gasteiger partial charge is 0.133 e. The molecule has 1 rings (SSSR count). The molecule has 0 bridgehead atoms. The van der Waals surface area contributed by atoms with E-state index in [1.165, 1.54) is 6.07 Å². The first kappa shape index (κ1) is 13.9. The van der Waals surface area contributed by atoms with Crippen molar-refractivity contribution in [3.8, 4) is 5.75 Å². The Morgan fingerprint density at radius 3 is 2.41 bits per heavy atom. The van der Waals surface area contributed by atoms with Gasteiger partial charge in [0.05, 0.1) is 0 Å². The van der Waals surface area contributed by atoms with Crippen LogP contribution < -0.4 is 4.74 Å². The van der Waals surface area contributed by atoms with Crippen molar-refractivity contribution in [2.24, 2.45) is 0 Å². The molecule has 0 aromatic heterocycles. The third kappa shape index (κ3) is 3.97. The lowest BCUT2D eigenvalue weighted by Crippen LogP contribution is -2.20. The predicted molar refractivity (Wildman–Crippen MR) is 64.5 cm³/mol. The van der Waals surface area contributed by atoms with E-state index in [1.807, 2.05) is 32.8 Å². The molecule has 0 atom stereocenters. The van der Waals surface area contributed by atoms with E-state index in [-0.39, 0.29) is 5.92 Å². The lowest BCUT2D eigenvalue weighted by molar-refractivity contribution is 0.256. The highest BCUT2D eigenvalue weighted by atomic mass is 19.1. The lowest BCUT2D eigenvalue weighted by atomic mass is 10.0. The molecular weight excluding hydrogens is 224 g/mol. The minimum absolute atomic E-state index is 0.0371. The molecule has 0 radical (unpaired) electrons. The van der Waals surface area contributed by atoms with Crippen molar-refractivity contribution in [2.45, 2.75) is 19.8 Å². The van der Waals surface area contributed by atoms with Crippen LogP contribution in [0.2, 0.25) is 0 Å². The highest BCUT2D eigenvalue weighted by Gasteiger charge is 2.15. The Bertz CT molecular complexity index is 378. The van der Waals surface area contributed by atoms with E-state index >= 15 is 0 Å². The van der Waals surface area contributed by atoms with Gasteiger partial charge in [0.1, 0.15) is 24.0 Å². The molecule has 0 saturated carbocycles. The Kier molecular flexibility index (Phi) is 4.87. The zero-order valence-corrected chi connectivity index (χ0v) is 10.8. The summed E-state index contributed by atoms with van der Waals surface area (Å²) >= 11 is 0. The summed E-state index contributed by atoms with van der Waals surface area (Å²) in [6.07, 6.45) is 0. The Morgan fingerprint density at radius 1 is 1.24 bits per heavy atom. The molecule has 0 aliphatic rings. The van der Waals surface area contributed by atoms with Crippen LogP contribution in [0.4, 0.5) is 8.78 Å². The summed E-state index contributed by atoms with van der Waals surface area (Å²) in [6.45, 7) is 4.83. The van der Waals surface area contributed by atoms with Crippen molar-refractivity contribution in [3.05, 3.63) is 29.3 Å². The molecular formula is C13H19F2NO. The fourth-order valence-corrected chi connectivity index (χ4v) is 1.58. The molecule has 17 heavy (non-hydrogen) atoms. The van der Waals surface area contributed by atoms with Crippen LogP contribution in [0.5, 0.6) is 5.75 Å². The number of benzene rings is 1. The number of ether oxygens (including phenoxy) is 1. The zero-order chi connectivity index (χ0) is 13.0. The molecule has 0 spiro atoms. The SMILES string of the molecule is CC(C)c1c(F)cc(F)cc1OCCN(C)C. The first-order valence-corrected chi connectivity index (χ1v) is 5.68. The minimum Gasteiger partial charge on any atom is -0.492 e. The van der Waals surface area contributed by atoms with E-state index in [1.54, 1.807) is 0 Å². The predicted octanol–water partition coefficient (Wildman–Crippen LogP) is 3.03. The second kappa shape index (κ2) is 5.96. The van der Waals surface area contributed by atoms with Gasteiger partial charge in [0, 0.05) is 24.2 Å². The maximum Gasteiger partial charge on any atom is 0.133 e. The van der Waals surface area contributed by atoms with E-state index in [9.17, 15) is 8.78 Å². The highest BCUT2D eigenvalue weighted by Crippen LogP contribution is 2.30. The van der Waals surface area contributed by atoms with Crippen molar-refractivity contribution in [3.63, 3.8) is 0 Å². The van der Waals surface area contributed by atoms with Crippen LogP contribution >= 0.6 is 0 Å². The molecule has 96 valence electrons. The Morgan fingerprint density at radius 2 is 1.88 bits per heavy atom. The van der Waals surface area contributed by atoms with E-state index in [0.717, 1.165) is 6.07 Å². The highest BCUT2D eigenvalue weighted by molar-refractivity contribution is 5.37. The van der Waals surface area contributed by atoms with Crippen LogP contribution in [-0.2, 0) is 0 Å². The fraction of sp³-hybridized carbons (Fsp3) is 0.538. The normalized spacial score (nSPS) is 11.3. The van der Waals surface area contributed by atoms with Gasteiger partial charge in [-0.05, 0) is 20.0 Å². The molecule has 1 aromatic carbocycles. The third-order valence-electron chi connectivity index (χ3n) is 2.43. The van der Waals surface area contributed by atoms with Crippen LogP contribution in [-0.4, -0.2) is 32.1 Å². The van der Waals surface area contributed by atoms with Gasteiger partial charge >= 0.3 is 0 Å². The molecule has 0 unspecified atom stereocenters. The second-order valence-electron chi connectivity index (χ2n) is 4.61. The van der Waals surface area contributed by atoms with Gasteiger partial charge in [0.2, 0.25) is 0 Å². The first-order valence-electron chi connectivity index (χ1n) is 5.68. The van der Waals surface area contributed by atoms with Crippen molar-refractivity contribution in [1.82, 2.24) is 4.90 Å². The molecule has 0 saturated heterocycles. The molecule has 4 heteroatoms. The lowest BCUT2D eigenvalue weighted by Gasteiger charge is -2.16. The molecule has 0 aliphatic carbocycles. The van der Waals surface area contributed by atoms with Crippen LogP contribution in [0, 0.1) is 11.6 Å². The van der Waals surface area contributed by atoms with Crippen molar-refractivity contribution < 1.29 is 13.5 Å². The molecule has 0 fully saturated rings. The van der Waals surface area contributed by atoms with Gasteiger partial charge in [-0.3, -0.25) is 0 Å². The maximum atomic E-state index is 13.6. The number of halogens is 2. The fourth-order valence-electron chi connectivity index (χ4n) is 1.58. The summed E-state index contributed by atoms with van der Waals surface area (Å²) in [5, 5.41) is 0. The minimum atomic E-state index is -0.605. The monoisotopic (exact) mass is 243 g/mol. The molecule has 0 aliphatic heterocycles.